The summed E-state index contributed by atoms with van der Waals surface area (Å²) in [5.41, 5.74) is 0. The molecule has 0 aliphatic heterocycles. The van der Waals surface area contributed by atoms with E-state index in [0.717, 1.165) is 12.8 Å². The van der Waals surface area contributed by atoms with Crippen molar-refractivity contribution in [3.63, 3.8) is 0 Å². The van der Waals surface area contributed by atoms with E-state index in [1.165, 1.54) is 0 Å². The standard InChI is InChI=1S/C9H20O2/c1-5-7(3)9(10,11)8(4)6-2/h7-8,10-11H,5-6H2,1-4H3. The molecule has 2 heteroatoms. The van der Waals surface area contributed by atoms with Gasteiger partial charge in [-0.1, -0.05) is 27.7 Å². The minimum atomic E-state index is -1.48. The van der Waals surface area contributed by atoms with Crippen LogP contribution in [0, 0.1) is 11.8 Å². The lowest BCUT2D eigenvalue weighted by Crippen LogP contribution is -2.42. The lowest BCUT2D eigenvalue weighted by Gasteiger charge is -2.33. The van der Waals surface area contributed by atoms with Gasteiger partial charge in [-0.3, -0.25) is 0 Å². The normalized spacial score (nSPS) is 18.0. The zero-order valence-corrected chi connectivity index (χ0v) is 7.96. The highest BCUT2D eigenvalue weighted by Gasteiger charge is 2.34. The first-order chi connectivity index (χ1) is 4.96. The Morgan fingerprint density at radius 2 is 1.27 bits per heavy atom. The van der Waals surface area contributed by atoms with Gasteiger partial charge in [-0.05, 0) is 12.8 Å². The zero-order chi connectivity index (χ0) is 9.07. The molecule has 0 radical (unpaired) electrons. The topological polar surface area (TPSA) is 40.5 Å². The van der Waals surface area contributed by atoms with Gasteiger partial charge in [0.15, 0.2) is 5.79 Å². The first kappa shape index (κ1) is 10.9. The van der Waals surface area contributed by atoms with Crippen LogP contribution >= 0.6 is 0 Å². The Morgan fingerprint density at radius 1 is 1.00 bits per heavy atom. The van der Waals surface area contributed by atoms with Crippen molar-refractivity contribution in [1.29, 1.82) is 0 Å². The third-order valence-corrected chi connectivity index (χ3v) is 2.68. The Labute approximate surface area is 69.2 Å². The smallest absolute Gasteiger partial charge is 0.167 e. The van der Waals surface area contributed by atoms with Crippen LogP contribution in [-0.4, -0.2) is 16.0 Å². The van der Waals surface area contributed by atoms with Gasteiger partial charge in [0.05, 0.1) is 0 Å². The van der Waals surface area contributed by atoms with Crippen molar-refractivity contribution in [2.75, 3.05) is 0 Å². The maximum absolute atomic E-state index is 9.61. The van der Waals surface area contributed by atoms with Crippen LogP contribution in [0.5, 0.6) is 0 Å². The number of rotatable bonds is 4. The second kappa shape index (κ2) is 4.07. The SMILES string of the molecule is CCC(C)C(O)(O)C(C)CC. The van der Waals surface area contributed by atoms with Crippen molar-refractivity contribution in [3.05, 3.63) is 0 Å². The molecule has 0 fully saturated rings. The molecule has 0 saturated heterocycles. The summed E-state index contributed by atoms with van der Waals surface area (Å²) in [4.78, 5) is 0. The van der Waals surface area contributed by atoms with Crippen molar-refractivity contribution in [3.8, 4) is 0 Å². The minimum absolute atomic E-state index is 0.0440. The molecule has 0 aliphatic carbocycles. The third kappa shape index (κ3) is 2.46. The Bertz CT molecular complexity index is 98.1. The van der Waals surface area contributed by atoms with Crippen LogP contribution in [0.25, 0.3) is 0 Å². The highest BCUT2D eigenvalue weighted by atomic mass is 16.5. The number of aliphatic hydroxyl groups is 2. The Balaban J connectivity index is 4.18. The molecule has 2 N–H and O–H groups in total. The molecule has 0 saturated carbocycles. The molecule has 0 bridgehead atoms. The molecule has 0 amide bonds. The number of hydrogen-bond donors (Lipinski definition) is 2. The van der Waals surface area contributed by atoms with Gasteiger partial charge < -0.3 is 10.2 Å². The summed E-state index contributed by atoms with van der Waals surface area (Å²) in [6.45, 7) is 7.67. The fourth-order valence-corrected chi connectivity index (χ4v) is 1.09. The molecule has 2 nitrogen and oxygen atoms in total. The van der Waals surface area contributed by atoms with E-state index >= 15 is 0 Å². The molecular weight excluding hydrogens is 140 g/mol. The summed E-state index contributed by atoms with van der Waals surface area (Å²) in [5, 5.41) is 19.2. The largest absolute Gasteiger partial charge is 0.365 e. The van der Waals surface area contributed by atoms with Gasteiger partial charge in [0, 0.05) is 11.8 Å². The molecule has 0 aromatic heterocycles. The lowest BCUT2D eigenvalue weighted by atomic mass is 9.86. The molecule has 68 valence electrons. The van der Waals surface area contributed by atoms with Gasteiger partial charge in [-0.25, -0.2) is 0 Å². The predicted octanol–water partition coefficient (Wildman–Crippen LogP) is 1.76. The van der Waals surface area contributed by atoms with Crippen LogP contribution in [-0.2, 0) is 0 Å². The molecule has 0 heterocycles. The van der Waals surface area contributed by atoms with Gasteiger partial charge in [-0.2, -0.15) is 0 Å². The second-order valence-electron chi connectivity index (χ2n) is 3.40. The van der Waals surface area contributed by atoms with Crippen molar-refractivity contribution in [2.24, 2.45) is 11.8 Å². The van der Waals surface area contributed by atoms with E-state index < -0.39 is 5.79 Å². The van der Waals surface area contributed by atoms with Crippen molar-refractivity contribution in [2.45, 2.75) is 46.3 Å². The van der Waals surface area contributed by atoms with Crippen LogP contribution in [0.1, 0.15) is 40.5 Å². The van der Waals surface area contributed by atoms with E-state index in [1.807, 2.05) is 27.7 Å². The Morgan fingerprint density at radius 3 is 1.45 bits per heavy atom. The summed E-state index contributed by atoms with van der Waals surface area (Å²) >= 11 is 0. The average Bonchev–Trinajstić information content (AvgIpc) is 2.01. The van der Waals surface area contributed by atoms with Crippen molar-refractivity contribution >= 4 is 0 Å². The molecular formula is C9H20O2. The summed E-state index contributed by atoms with van der Waals surface area (Å²) in [6.07, 6.45) is 1.61. The molecule has 0 aromatic rings. The Kier molecular flexibility index (Phi) is 4.04. The van der Waals surface area contributed by atoms with Crippen LogP contribution in [0.15, 0.2) is 0 Å². The summed E-state index contributed by atoms with van der Waals surface area (Å²) in [7, 11) is 0. The van der Waals surface area contributed by atoms with E-state index in [-0.39, 0.29) is 11.8 Å². The molecule has 2 atom stereocenters. The van der Waals surface area contributed by atoms with Gasteiger partial charge in [0.1, 0.15) is 0 Å². The predicted molar refractivity (Wildman–Crippen MR) is 46.1 cm³/mol. The van der Waals surface area contributed by atoms with E-state index in [1.54, 1.807) is 0 Å². The third-order valence-electron chi connectivity index (χ3n) is 2.68. The molecule has 11 heavy (non-hydrogen) atoms. The highest BCUT2D eigenvalue weighted by molar-refractivity contribution is 4.76. The monoisotopic (exact) mass is 160 g/mol. The maximum atomic E-state index is 9.61. The van der Waals surface area contributed by atoms with Gasteiger partial charge >= 0.3 is 0 Å². The molecule has 0 aromatic carbocycles. The zero-order valence-electron chi connectivity index (χ0n) is 7.96. The van der Waals surface area contributed by atoms with Crippen LogP contribution < -0.4 is 0 Å². The first-order valence-corrected chi connectivity index (χ1v) is 4.41. The lowest BCUT2D eigenvalue weighted by molar-refractivity contribution is -0.230. The molecule has 0 spiro atoms. The Hall–Kier alpha value is -0.0800. The number of hydrogen-bond acceptors (Lipinski definition) is 2. The fraction of sp³-hybridized carbons (Fsp3) is 1.00. The average molecular weight is 160 g/mol. The quantitative estimate of drug-likeness (QED) is 0.615. The van der Waals surface area contributed by atoms with Crippen LogP contribution in [0.4, 0.5) is 0 Å². The summed E-state index contributed by atoms with van der Waals surface area (Å²) in [6, 6.07) is 0. The molecule has 0 aliphatic rings. The second-order valence-corrected chi connectivity index (χ2v) is 3.40. The molecule has 0 rings (SSSR count). The van der Waals surface area contributed by atoms with Gasteiger partial charge in [-0.15, -0.1) is 0 Å². The van der Waals surface area contributed by atoms with Crippen LogP contribution in [0.2, 0.25) is 0 Å². The van der Waals surface area contributed by atoms with E-state index in [4.69, 9.17) is 0 Å². The van der Waals surface area contributed by atoms with E-state index in [2.05, 4.69) is 0 Å². The van der Waals surface area contributed by atoms with Gasteiger partial charge in [0.2, 0.25) is 0 Å². The fourth-order valence-electron chi connectivity index (χ4n) is 1.09. The van der Waals surface area contributed by atoms with Crippen molar-refractivity contribution in [1.82, 2.24) is 0 Å². The minimum Gasteiger partial charge on any atom is -0.365 e. The highest BCUT2D eigenvalue weighted by Crippen LogP contribution is 2.27. The van der Waals surface area contributed by atoms with E-state index in [0.29, 0.717) is 0 Å². The van der Waals surface area contributed by atoms with Gasteiger partial charge in [0.25, 0.3) is 0 Å². The van der Waals surface area contributed by atoms with Crippen molar-refractivity contribution < 1.29 is 10.2 Å². The first-order valence-electron chi connectivity index (χ1n) is 4.41. The molecule has 2 unspecified atom stereocenters. The summed E-state index contributed by atoms with van der Waals surface area (Å²) in [5.74, 6) is -1.57. The van der Waals surface area contributed by atoms with E-state index in [9.17, 15) is 10.2 Å². The van der Waals surface area contributed by atoms with Crippen LogP contribution in [0.3, 0.4) is 0 Å². The summed E-state index contributed by atoms with van der Waals surface area (Å²) < 4.78 is 0. The maximum Gasteiger partial charge on any atom is 0.167 e.